The normalized spacial score (nSPS) is 18.1. The zero-order valence-electron chi connectivity index (χ0n) is 22.6. The van der Waals surface area contributed by atoms with Gasteiger partial charge in [-0.15, -0.1) is 0 Å². The molecule has 0 spiro atoms. The third-order valence-corrected chi connectivity index (χ3v) is 7.06. The Morgan fingerprint density at radius 3 is 2.31 bits per heavy atom. The first kappa shape index (κ1) is 27.0. The average molecular weight is 533 g/mol. The number of urea groups is 1. The van der Waals surface area contributed by atoms with Gasteiger partial charge in [-0.3, -0.25) is 0 Å². The molecule has 2 saturated heterocycles. The maximum Gasteiger partial charge on any atom is 0.323 e. The number of nitrogens with zero attached hydrogens (tertiary/aromatic N) is 4. The molecule has 0 radical (unpaired) electrons. The molecule has 3 aromatic rings. The summed E-state index contributed by atoms with van der Waals surface area (Å²) in [4.78, 5) is 29.4. The Bertz CT molecular complexity index is 1230. The van der Waals surface area contributed by atoms with Crippen molar-refractivity contribution >= 4 is 23.4 Å². The predicted molar refractivity (Wildman–Crippen MR) is 150 cm³/mol. The summed E-state index contributed by atoms with van der Waals surface area (Å²) in [5, 5.41) is 5.76. The molecule has 2 aromatic carbocycles. The zero-order valence-corrected chi connectivity index (χ0v) is 22.6. The van der Waals surface area contributed by atoms with E-state index in [1.165, 1.54) is 0 Å². The highest BCUT2D eigenvalue weighted by atomic mass is 16.5. The Morgan fingerprint density at radius 2 is 1.64 bits per heavy atom. The van der Waals surface area contributed by atoms with Gasteiger partial charge in [-0.05, 0) is 68.1 Å². The van der Waals surface area contributed by atoms with Gasteiger partial charge in [0.15, 0.2) is 5.82 Å². The molecule has 10 heteroatoms. The number of ether oxygens (including phenoxy) is 3. The molecule has 2 fully saturated rings. The lowest BCUT2D eigenvalue weighted by Gasteiger charge is -2.34. The molecule has 2 aliphatic heterocycles. The largest absolute Gasteiger partial charge is 0.384 e. The van der Waals surface area contributed by atoms with Crippen LogP contribution in [-0.4, -0.2) is 73.7 Å². The summed E-state index contributed by atoms with van der Waals surface area (Å²) in [6.45, 7) is 6.26. The summed E-state index contributed by atoms with van der Waals surface area (Å²) in [6, 6.07) is 15.2. The Labute approximate surface area is 229 Å². The molecule has 0 bridgehead atoms. The van der Waals surface area contributed by atoms with Gasteiger partial charge in [0.2, 0.25) is 5.95 Å². The van der Waals surface area contributed by atoms with Crippen molar-refractivity contribution in [2.24, 2.45) is 0 Å². The Kier molecular flexibility index (Phi) is 8.97. The molecule has 10 nitrogen and oxygen atoms in total. The van der Waals surface area contributed by atoms with Crippen LogP contribution in [0.15, 0.2) is 48.5 Å². The minimum absolute atomic E-state index is 0.184. The fraction of sp³-hybridized carbons (Fsp3) is 0.448. The van der Waals surface area contributed by atoms with E-state index >= 15 is 0 Å². The highest BCUT2D eigenvalue weighted by Gasteiger charge is 2.26. The Balaban J connectivity index is 1.29. The summed E-state index contributed by atoms with van der Waals surface area (Å²) >= 11 is 0. The van der Waals surface area contributed by atoms with Crippen LogP contribution in [0.4, 0.5) is 22.1 Å². The maximum absolute atomic E-state index is 12.6. The number of benzene rings is 2. The predicted octanol–water partition coefficient (Wildman–Crippen LogP) is 4.49. The lowest BCUT2D eigenvalue weighted by molar-refractivity contribution is 0.0834. The summed E-state index contributed by atoms with van der Waals surface area (Å²) in [7, 11) is 1.69. The van der Waals surface area contributed by atoms with Crippen molar-refractivity contribution < 1.29 is 19.0 Å². The van der Waals surface area contributed by atoms with Crippen molar-refractivity contribution in [3.05, 3.63) is 59.9 Å². The molecule has 1 unspecified atom stereocenters. The minimum Gasteiger partial charge on any atom is -0.384 e. The lowest BCUT2D eigenvalue weighted by Crippen LogP contribution is -2.44. The van der Waals surface area contributed by atoms with Crippen LogP contribution in [-0.2, 0) is 20.6 Å². The molecule has 1 aromatic heterocycles. The standard InChI is InChI=1S/C29H36N6O4/c1-20-19-39-18-14-35(20)28-33-26(32-27(34-28)23-12-16-38-17-13-23)22-5-9-25(10-6-22)31-29(36)30-24-7-3-21(4-8-24)11-15-37-2/h3-10,20,23H,11-19H2,1-2H3,(H2,30,31,36). The van der Waals surface area contributed by atoms with E-state index in [4.69, 9.17) is 29.2 Å². The van der Waals surface area contributed by atoms with Gasteiger partial charge in [0.25, 0.3) is 0 Å². The first-order chi connectivity index (χ1) is 19.1. The first-order valence-corrected chi connectivity index (χ1v) is 13.5. The summed E-state index contributed by atoms with van der Waals surface area (Å²) in [5.41, 5.74) is 3.42. The van der Waals surface area contributed by atoms with E-state index in [0.29, 0.717) is 37.3 Å². The zero-order chi connectivity index (χ0) is 27.0. The van der Waals surface area contributed by atoms with Crippen molar-refractivity contribution in [3.63, 3.8) is 0 Å². The van der Waals surface area contributed by atoms with Gasteiger partial charge in [0.05, 0.1) is 25.9 Å². The maximum atomic E-state index is 12.6. The number of hydrogen-bond donors (Lipinski definition) is 2. The van der Waals surface area contributed by atoms with E-state index in [2.05, 4.69) is 22.5 Å². The second kappa shape index (κ2) is 13.0. The molecule has 39 heavy (non-hydrogen) atoms. The van der Waals surface area contributed by atoms with Crippen LogP contribution >= 0.6 is 0 Å². The SMILES string of the molecule is COCCc1ccc(NC(=O)Nc2ccc(-c3nc(C4CCOCC4)nc(N4CCOCC4C)n3)cc2)cc1. The van der Waals surface area contributed by atoms with Gasteiger partial charge in [0.1, 0.15) is 5.82 Å². The fourth-order valence-electron chi connectivity index (χ4n) is 4.77. The highest BCUT2D eigenvalue weighted by Crippen LogP contribution is 2.29. The van der Waals surface area contributed by atoms with Crippen molar-refractivity contribution in [2.75, 3.05) is 62.2 Å². The molecule has 2 N–H and O–H groups in total. The average Bonchev–Trinajstić information content (AvgIpc) is 2.97. The van der Waals surface area contributed by atoms with Crippen LogP contribution in [0.3, 0.4) is 0 Å². The topological polar surface area (TPSA) is 111 Å². The van der Waals surface area contributed by atoms with Crippen LogP contribution in [0.5, 0.6) is 0 Å². The van der Waals surface area contributed by atoms with E-state index in [1.807, 2.05) is 48.5 Å². The summed E-state index contributed by atoms with van der Waals surface area (Å²) < 4.78 is 16.3. The van der Waals surface area contributed by atoms with E-state index in [9.17, 15) is 4.79 Å². The van der Waals surface area contributed by atoms with Crippen molar-refractivity contribution in [2.45, 2.75) is 38.1 Å². The van der Waals surface area contributed by atoms with Crippen molar-refractivity contribution in [3.8, 4) is 11.4 Å². The van der Waals surface area contributed by atoms with Gasteiger partial charge in [-0.1, -0.05) is 12.1 Å². The lowest BCUT2D eigenvalue weighted by atomic mass is 9.99. The van der Waals surface area contributed by atoms with Crippen LogP contribution in [0.2, 0.25) is 0 Å². The van der Waals surface area contributed by atoms with Gasteiger partial charge in [-0.25, -0.2) is 9.78 Å². The molecular formula is C29H36N6O4. The molecule has 3 heterocycles. The summed E-state index contributed by atoms with van der Waals surface area (Å²) in [6.07, 6.45) is 2.63. The number of rotatable bonds is 8. The molecule has 2 amide bonds. The van der Waals surface area contributed by atoms with Gasteiger partial charge in [0, 0.05) is 49.7 Å². The number of morpholine rings is 1. The smallest absolute Gasteiger partial charge is 0.323 e. The molecular weight excluding hydrogens is 496 g/mol. The van der Waals surface area contributed by atoms with Gasteiger partial charge in [-0.2, -0.15) is 9.97 Å². The number of hydrogen-bond acceptors (Lipinski definition) is 8. The molecule has 0 saturated carbocycles. The Hall–Kier alpha value is -3.60. The van der Waals surface area contributed by atoms with Gasteiger partial charge >= 0.3 is 6.03 Å². The second-order valence-corrected chi connectivity index (χ2v) is 9.92. The monoisotopic (exact) mass is 532 g/mol. The first-order valence-electron chi connectivity index (χ1n) is 13.5. The summed E-state index contributed by atoms with van der Waals surface area (Å²) in [5.74, 6) is 2.37. The van der Waals surface area contributed by atoms with Crippen molar-refractivity contribution in [1.82, 2.24) is 15.0 Å². The third-order valence-electron chi connectivity index (χ3n) is 7.06. The number of aromatic nitrogens is 3. The number of carbonyl (C=O) groups is 1. The number of methoxy groups -OCH3 is 1. The van der Waals surface area contributed by atoms with Gasteiger partial charge < -0.3 is 29.7 Å². The van der Waals surface area contributed by atoms with Crippen molar-refractivity contribution in [1.29, 1.82) is 0 Å². The minimum atomic E-state index is -0.307. The van der Waals surface area contributed by atoms with E-state index < -0.39 is 0 Å². The Morgan fingerprint density at radius 1 is 0.949 bits per heavy atom. The fourth-order valence-corrected chi connectivity index (χ4v) is 4.77. The molecule has 1 atom stereocenters. The second-order valence-electron chi connectivity index (χ2n) is 9.92. The van der Waals surface area contributed by atoms with Crippen LogP contribution in [0.1, 0.15) is 37.1 Å². The number of nitrogens with one attached hydrogen (secondary N) is 2. The molecule has 206 valence electrons. The number of anilines is 3. The highest BCUT2D eigenvalue weighted by molar-refractivity contribution is 5.99. The van der Waals surface area contributed by atoms with Crippen LogP contribution in [0, 0.1) is 0 Å². The van der Waals surface area contributed by atoms with E-state index in [1.54, 1.807) is 7.11 Å². The van der Waals surface area contributed by atoms with Crippen LogP contribution in [0.25, 0.3) is 11.4 Å². The van der Waals surface area contributed by atoms with E-state index in [-0.39, 0.29) is 18.0 Å². The number of amides is 2. The van der Waals surface area contributed by atoms with Crippen LogP contribution < -0.4 is 15.5 Å². The molecule has 5 rings (SSSR count). The van der Waals surface area contributed by atoms with E-state index in [0.717, 1.165) is 61.7 Å². The number of carbonyl (C=O) groups excluding carboxylic acids is 1. The molecule has 0 aliphatic carbocycles. The molecule has 2 aliphatic rings. The quantitative estimate of drug-likeness (QED) is 0.437. The third kappa shape index (κ3) is 7.08.